The van der Waals surface area contributed by atoms with Crippen molar-refractivity contribution in [1.29, 1.82) is 0 Å². The molecule has 4 nitrogen and oxygen atoms in total. The fourth-order valence-corrected chi connectivity index (χ4v) is 2.85. The number of amides is 2. The van der Waals surface area contributed by atoms with Gasteiger partial charge in [0.05, 0.1) is 0 Å². The molecule has 1 N–H and O–H groups in total. The fraction of sp³-hybridized carbons (Fsp3) is 0.250. The first kappa shape index (κ1) is 16.7. The third kappa shape index (κ3) is 4.96. The number of thiophene rings is 1. The summed E-state index contributed by atoms with van der Waals surface area (Å²) in [6.45, 7) is 0.935. The number of carbonyl (C=O) groups is 2. The van der Waals surface area contributed by atoms with Crippen molar-refractivity contribution in [3.63, 3.8) is 0 Å². The maximum atomic E-state index is 12.0. The highest BCUT2D eigenvalue weighted by Crippen LogP contribution is 2.11. The Morgan fingerprint density at radius 3 is 2.59 bits per heavy atom. The van der Waals surface area contributed by atoms with Gasteiger partial charge in [0.15, 0.2) is 0 Å². The second kappa shape index (κ2) is 8.10. The van der Waals surface area contributed by atoms with E-state index < -0.39 is 0 Å². The summed E-state index contributed by atoms with van der Waals surface area (Å²) in [5, 5.41) is 6.78. The van der Waals surface area contributed by atoms with Gasteiger partial charge < -0.3 is 10.2 Å². The van der Waals surface area contributed by atoms with Crippen LogP contribution in [0.1, 0.15) is 22.3 Å². The molecule has 2 aromatic rings. The van der Waals surface area contributed by atoms with Gasteiger partial charge in [0.2, 0.25) is 5.91 Å². The zero-order valence-electron chi connectivity index (χ0n) is 12.2. The van der Waals surface area contributed by atoms with Gasteiger partial charge in [-0.3, -0.25) is 9.59 Å². The maximum Gasteiger partial charge on any atom is 0.251 e. The Morgan fingerprint density at radius 2 is 1.95 bits per heavy atom. The molecule has 6 heteroatoms. The molecule has 0 fully saturated rings. The second-order valence-corrected chi connectivity index (χ2v) is 6.59. The molecule has 0 saturated carbocycles. The third-order valence-corrected chi connectivity index (χ3v) is 4.42. The number of rotatable bonds is 6. The molecule has 0 spiro atoms. The Bertz CT molecular complexity index is 626. The van der Waals surface area contributed by atoms with Crippen LogP contribution < -0.4 is 5.32 Å². The predicted molar refractivity (Wildman–Crippen MR) is 91.9 cm³/mol. The average molecular weight is 381 g/mol. The molecule has 0 aliphatic heterocycles. The summed E-state index contributed by atoms with van der Waals surface area (Å²) >= 11 is 4.94. The van der Waals surface area contributed by atoms with Crippen LogP contribution in [-0.4, -0.2) is 30.3 Å². The van der Waals surface area contributed by atoms with Crippen LogP contribution in [0.5, 0.6) is 0 Å². The lowest BCUT2D eigenvalue weighted by Gasteiger charge is -2.16. The van der Waals surface area contributed by atoms with Gasteiger partial charge in [-0.1, -0.05) is 15.9 Å². The molecule has 22 heavy (non-hydrogen) atoms. The molecule has 0 atom stereocenters. The van der Waals surface area contributed by atoms with Crippen molar-refractivity contribution in [2.75, 3.05) is 13.6 Å². The van der Waals surface area contributed by atoms with Crippen LogP contribution in [0.2, 0.25) is 0 Å². The molecule has 0 unspecified atom stereocenters. The van der Waals surface area contributed by atoms with E-state index in [1.165, 1.54) is 0 Å². The van der Waals surface area contributed by atoms with Crippen LogP contribution in [0.4, 0.5) is 0 Å². The highest BCUT2D eigenvalue weighted by molar-refractivity contribution is 9.10. The van der Waals surface area contributed by atoms with Gasteiger partial charge in [-0.05, 0) is 46.7 Å². The van der Waals surface area contributed by atoms with Crippen LogP contribution in [0.15, 0.2) is 45.6 Å². The van der Waals surface area contributed by atoms with Crippen molar-refractivity contribution in [2.45, 2.75) is 13.0 Å². The van der Waals surface area contributed by atoms with E-state index in [0.29, 0.717) is 25.1 Å². The molecule has 0 aliphatic carbocycles. The average Bonchev–Trinajstić information content (AvgIpc) is 3.00. The zero-order valence-corrected chi connectivity index (χ0v) is 14.6. The lowest BCUT2D eigenvalue weighted by atomic mass is 10.2. The summed E-state index contributed by atoms with van der Waals surface area (Å²) < 4.78 is 0.925. The van der Waals surface area contributed by atoms with Crippen LogP contribution in [-0.2, 0) is 11.3 Å². The first-order valence-electron chi connectivity index (χ1n) is 6.85. The summed E-state index contributed by atoms with van der Waals surface area (Å²) in [6, 6.07) is 9.11. The summed E-state index contributed by atoms with van der Waals surface area (Å²) in [4.78, 5) is 25.6. The van der Waals surface area contributed by atoms with E-state index in [1.54, 1.807) is 35.4 Å². The highest BCUT2D eigenvalue weighted by atomic mass is 79.9. The Balaban J connectivity index is 1.74. The van der Waals surface area contributed by atoms with Crippen molar-refractivity contribution in [3.05, 3.63) is 56.7 Å². The van der Waals surface area contributed by atoms with Crippen LogP contribution in [0, 0.1) is 0 Å². The number of halogens is 1. The van der Waals surface area contributed by atoms with Crippen LogP contribution in [0.3, 0.4) is 0 Å². The molecule has 116 valence electrons. The molecule has 2 rings (SSSR count). The Morgan fingerprint density at radius 1 is 1.23 bits per heavy atom. The monoisotopic (exact) mass is 380 g/mol. The molecule has 0 radical (unpaired) electrons. The van der Waals surface area contributed by atoms with Crippen molar-refractivity contribution in [1.82, 2.24) is 10.2 Å². The number of nitrogens with zero attached hydrogens (tertiary/aromatic N) is 1. The van der Waals surface area contributed by atoms with Gasteiger partial charge in [-0.2, -0.15) is 11.3 Å². The van der Waals surface area contributed by atoms with E-state index >= 15 is 0 Å². The number of hydrogen-bond acceptors (Lipinski definition) is 3. The molecule has 2 amide bonds. The zero-order chi connectivity index (χ0) is 15.9. The normalized spacial score (nSPS) is 10.3. The molecule has 1 aromatic carbocycles. The van der Waals surface area contributed by atoms with Crippen LogP contribution >= 0.6 is 27.3 Å². The Kier molecular flexibility index (Phi) is 6.15. The van der Waals surface area contributed by atoms with Crippen molar-refractivity contribution < 1.29 is 9.59 Å². The topological polar surface area (TPSA) is 49.4 Å². The van der Waals surface area contributed by atoms with E-state index in [9.17, 15) is 9.59 Å². The Labute approximate surface area is 142 Å². The third-order valence-electron chi connectivity index (χ3n) is 3.16. The SMILES string of the molecule is CN(Cc1ccsc1)C(=O)CCNC(=O)c1ccc(Br)cc1. The molecule has 1 aromatic heterocycles. The Hall–Kier alpha value is -1.66. The summed E-state index contributed by atoms with van der Waals surface area (Å²) in [5.41, 5.74) is 1.71. The smallest absolute Gasteiger partial charge is 0.251 e. The van der Waals surface area contributed by atoms with Crippen molar-refractivity contribution in [3.8, 4) is 0 Å². The number of carbonyl (C=O) groups excluding carboxylic acids is 2. The molecular weight excluding hydrogens is 364 g/mol. The van der Waals surface area contributed by atoms with Crippen molar-refractivity contribution in [2.24, 2.45) is 0 Å². The standard InChI is InChI=1S/C16H17BrN2O2S/c1-19(10-12-7-9-22-11-12)15(20)6-8-18-16(21)13-2-4-14(17)5-3-13/h2-5,7,9,11H,6,8,10H2,1H3,(H,18,21). The molecule has 1 heterocycles. The summed E-state index contributed by atoms with van der Waals surface area (Å²) in [5.74, 6) is -0.150. The molecular formula is C16H17BrN2O2S. The van der Waals surface area contributed by atoms with E-state index in [0.717, 1.165) is 10.0 Å². The van der Waals surface area contributed by atoms with E-state index in [4.69, 9.17) is 0 Å². The summed E-state index contributed by atoms with van der Waals surface area (Å²) in [6.07, 6.45) is 0.295. The molecule has 0 aliphatic rings. The van der Waals surface area contributed by atoms with Gasteiger partial charge in [0, 0.05) is 36.6 Å². The highest BCUT2D eigenvalue weighted by Gasteiger charge is 2.11. The van der Waals surface area contributed by atoms with E-state index in [2.05, 4.69) is 21.2 Å². The minimum Gasteiger partial charge on any atom is -0.352 e. The quantitative estimate of drug-likeness (QED) is 0.835. The van der Waals surface area contributed by atoms with Crippen LogP contribution in [0.25, 0.3) is 0 Å². The molecule has 0 bridgehead atoms. The second-order valence-electron chi connectivity index (χ2n) is 4.89. The lowest BCUT2D eigenvalue weighted by Crippen LogP contribution is -2.31. The minimum absolute atomic E-state index is 0.0160. The minimum atomic E-state index is -0.166. The van der Waals surface area contributed by atoms with Gasteiger partial charge in [0.1, 0.15) is 0 Å². The van der Waals surface area contributed by atoms with Crippen molar-refractivity contribution >= 4 is 39.1 Å². The first-order valence-corrected chi connectivity index (χ1v) is 8.58. The first-order chi connectivity index (χ1) is 10.6. The number of nitrogens with one attached hydrogen (secondary N) is 1. The summed E-state index contributed by atoms with van der Waals surface area (Å²) in [7, 11) is 1.77. The van der Waals surface area contributed by atoms with Gasteiger partial charge in [-0.15, -0.1) is 0 Å². The fourth-order valence-electron chi connectivity index (χ4n) is 1.92. The van der Waals surface area contributed by atoms with E-state index in [1.807, 2.05) is 29.0 Å². The lowest BCUT2D eigenvalue weighted by molar-refractivity contribution is -0.130. The number of hydrogen-bond donors (Lipinski definition) is 1. The van der Waals surface area contributed by atoms with Gasteiger partial charge in [-0.25, -0.2) is 0 Å². The maximum absolute atomic E-state index is 12.0. The largest absolute Gasteiger partial charge is 0.352 e. The van der Waals surface area contributed by atoms with Gasteiger partial charge >= 0.3 is 0 Å². The molecule has 0 saturated heterocycles. The predicted octanol–water partition coefficient (Wildman–Crippen LogP) is 3.29. The number of benzene rings is 1. The van der Waals surface area contributed by atoms with E-state index in [-0.39, 0.29) is 11.8 Å². The van der Waals surface area contributed by atoms with Gasteiger partial charge in [0.25, 0.3) is 5.91 Å².